The van der Waals surface area contributed by atoms with Crippen LogP contribution in [0, 0.1) is 5.82 Å². The maximum absolute atomic E-state index is 14.9. The van der Waals surface area contributed by atoms with Gasteiger partial charge in [0.05, 0.1) is 18.6 Å². The summed E-state index contributed by atoms with van der Waals surface area (Å²) in [4.78, 5) is 31.8. The van der Waals surface area contributed by atoms with Crippen molar-refractivity contribution in [2.75, 3.05) is 34.8 Å². The van der Waals surface area contributed by atoms with Crippen molar-refractivity contribution in [3.63, 3.8) is 0 Å². The minimum Gasteiger partial charge on any atom is -0.493 e. The van der Waals surface area contributed by atoms with Crippen LogP contribution in [-0.2, 0) is 16.2 Å². The molecule has 2 amide bonds. The number of thiocarbonyl (C=S) groups is 1. The molecular formula is C20H24FN5O4S2. The van der Waals surface area contributed by atoms with E-state index in [-0.39, 0.29) is 35.5 Å². The van der Waals surface area contributed by atoms with Gasteiger partial charge in [0, 0.05) is 25.8 Å². The molecule has 2 aromatic rings. The summed E-state index contributed by atoms with van der Waals surface area (Å²) >= 11 is 5.95. The number of ether oxygens (including phenoxy) is 2. The topological polar surface area (TPSA) is 101 Å². The standard InChI is InChI=1S/C20H24FN5O4S2/c1-12(19(32-11-31)20(28)26(4)8-17(27)25(2)3)13-6-14(21)18(15(7-13)29-5)30-9-16-22-10-23-24-16/h6-7,10-11H,8-9H2,1-5H3,(H,22,23,24)/b19-12-. The number of halogens is 1. The van der Waals surface area contributed by atoms with Gasteiger partial charge in [-0.05, 0) is 30.2 Å². The molecule has 2 rings (SSSR count). The first kappa shape index (κ1) is 25.3. The molecule has 0 bridgehead atoms. The predicted molar refractivity (Wildman–Crippen MR) is 124 cm³/mol. The normalized spacial score (nSPS) is 11.4. The average Bonchev–Trinajstić information content (AvgIpc) is 3.28. The molecule has 1 aromatic carbocycles. The smallest absolute Gasteiger partial charge is 0.261 e. The van der Waals surface area contributed by atoms with Crippen LogP contribution in [0.25, 0.3) is 5.57 Å². The van der Waals surface area contributed by atoms with Gasteiger partial charge in [-0.15, -0.1) is 0 Å². The predicted octanol–water partition coefficient (Wildman–Crippen LogP) is 2.50. The van der Waals surface area contributed by atoms with Gasteiger partial charge in [-0.25, -0.2) is 9.37 Å². The third-order valence-electron chi connectivity index (χ3n) is 4.40. The Morgan fingerprint density at radius 1 is 1.31 bits per heavy atom. The number of amides is 2. The number of hydrogen-bond donors (Lipinski definition) is 1. The van der Waals surface area contributed by atoms with Crippen molar-refractivity contribution in [2.45, 2.75) is 13.5 Å². The molecule has 0 fully saturated rings. The molecule has 0 aliphatic heterocycles. The van der Waals surface area contributed by atoms with E-state index < -0.39 is 11.7 Å². The van der Waals surface area contributed by atoms with Gasteiger partial charge in [-0.1, -0.05) is 24.0 Å². The van der Waals surface area contributed by atoms with E-state index in [9.17, 15) is 14.0 Å². The fraction of sp³-hybridized carbons (Fsp3) is 0.350. The molecule has 1 heterocycles. The SMILES string of the molecule is COc1cc(/C(C)=C(\SC=S)C(=O)N(C)CC(=O)N(C)C)cc(F)c1OCc1ncn[nH]1. The van der Waals surface area contributed by atoms with E-state index in [0.29, 0.717) is 17.0 Å². The fourth-order valence-electron chi connectivity index (χ4n) is 2.59. The Balaban J connectivity index is 2.38. The maximum atomic E-state index is 14.9. The van der Waals surface area contributed by atoms with Crippen LogP contribution in [0.4, 0.5) is 4.39 Å². The second-order valence-corrected chi connectivity index (χ2v) is 8.24. The first-order chi connectivity index (χ1) is 15.2. The summed E-state index contributed by atoms with van der Waals surface area (Å²) in [5.41, 5.74) is 0.885. The third-order valence-corrected chi connectivity index (χ3v) is 5.50. The summed E-state index contributed by atoms with van der Waals surface area (Å²) in [5.74, 6) is -0.834. The number of benzene rings is 1. The number of aromatic nitrogens is 3. The Labute approximate surface area is 195 Å². The van der Waals surface area contributed by atoms with Gasteiger partial charge >= 0.3 is 0 Å². The molecule has 32 heavy (non-hydrogen) atoms. The molecule has 1 aromatic heterocycles. The molecule has 0 saturated carbocycles. The molecule has 0 aliphatic carbocycles. The molecule has 0 spiro atoms. The average molecular weight is 482 g/mol. The van der Waals surface area contributed by atoms with Crippen molar-refractivity contribution in [3.05, 3.63) is 40.6 Å². The fourth-order valence-corrected chi connectivity index (χ4v) is 3.52. The van der Waals surface area contributed by atoms with E-state index in [1.807, 2.05) is 0 Å². The van der Waals surface area contributed by atoms with E-state index in [2.05, 4.69) is 15.2 Å². The molecule has 0 unspecified atom stereocenters. The van der Waals surface area contributed by atoms with E-state index in [1.54, 1.807) is 27.1 Å². The second kappa shape index (κ2) is 11.6. The number of carbonyl (C=O) groups excluding carboxylic acids is 2. The Bertz CT molecular complexity index is 1010. The maximum Gasteiger partial charge on any atom is 0.261 e. The highest BCUT2D eigenvalue weighted by Crippen LogP contribution is 2.36. The van der Waals surface area contributed by atoms with Gasteiger partial charge in [0.15, 0.2) is 23.1 Å². The summed E-state index contributed by atoms with van der Waals surface area (Å²) < 4.78 is 27.0. The van der Waals surface area contributed by atoms with Crippen LogP contribution in [0.15, 0.2) is 23.4 Å². The molecule has 12 heteroatoms. The Hall–Kier alpha value is -2.99. The minimum atomic E-state index is -0.673. The Morgan fingerprint density at radius 3 is 2.59 bits per heavy atom. The van der Waals surface area contributed by atoms with Gasteiger partial charge in [-0.3, -0.25) is 14.7 Å². The van der Waals surface area contributed by atoms with Gasteiger partial charge in [0.2, 0.25) is 5.91 Å². The number of H-pyrrole nitrogens is 1. The van der Waals surface area contributed by atoms with Crippen LogP contribution >= 0.6 is 24.0 Å². The van der Waals surface area contributed by atoms with Gasteiger partial charge in [0.1, 0.15) is 12.9 Å². The van der Waals surface area contributed by atoms with Crippen molar-refractivity contribution in [1.29, 1.82) is 0 Å². The molecule has 0 aliphatic rings. The van der Waals surface area contributed by atoms with E-state index in [1.165, 1.54) is 41.1 Å². The molecule has 9 nitrogen and oxygen atoms in total. The molecule has 0 atom stereocenters. The minimum absolute atomic E-state index is 0.0311. The number of aromatic amines is 1. The van der Waals surface area contributed by atoms with Crippen molar-refractivity contribution in [3.8, 4) is 11.5 Å². The summed E-state index contributed by atoms with van der Waals surface area (Å²) in [6.07, 6.45) is 1.32. The number of hydrogen-bond acceptors (Lipinski definition) is 8. The van der Waals surface area contributed by atoms with Crippen molar-refractivity contribution in [1.82, 2.24) is 25.0 Å². The van der Waals surface area contributed by atoms with Crippen LogP contribution in [0.5, 0.6) is 11.5 Å². The summed E-state index contributed by atoms with van der Waals surface area (Å²) in [6, 6.07) is 2.81. The van der Waals surface area contributed by atoms with Crippen LogP contribution < -0.4 is 9.47 Å². The number of methoxy groups -OCH3 is 1. The van der Waals surface area contributed by atoms with Crippen LogP contribution in [0.2, 0.25) is 0 Å². The summed E-state index contributed by atoms with van der Waals surface area (Å²) in [6.45, 7) is 1.53. The lowest BCUT2D eigenvalue weighted by Gasteiger charge is -2.21. The zero-order valence-electron chi connectivity index (χ0n) is 18.3. The second-order valence-electron chi connectivity index (χ2n) is 6.83. The first-order valence-electron chi connectivity index (χ1n) is 9.31. The number of rotatable bonds is 10. The van der Waals surface area contributed by atoms with E-state index in [4.69, 9.17) is 21.7 Å². The molecule has 172 valence electrons. The Kier molecular flexibility index (Phi) is 9.14. The number of thioether (sulfide) groups is 1. The molecule has 0 radical (unpaired) electrons. The highest BCUT2D eigenvalue weighted by Gasteiger charge is 2.23. The lowest BCUT2D eigenvalue weighted by molar-refractivity contribution is -0.135. The zero-order valence-corrected chi connectivity index (χ0v) is 20.0. The van der Waals surface area contributed by atoms with Crippen LogP contribution in [0.3, 0.4) is 0 Å². The van der Waals surface area contributed by atoms with Crippen molar-refractivity contribution < 1.29 is 23.5 Å². The number of nitrogens with one attached hydrogen (secondary N) is 1. The third kappa shape index (κ3) is 6.26. The monoisotopic (exact) mass is 481 g/mol. The van der Waals surface area contributed by atoms with Crippen molar-refractivity contribution >= 4 is 46.1 Å². The van der Waals surface area contributed by atoms with E-state index >= 15 is 0 Å². The van der Waals surface area contributed by atoms with Gasteiger partial charge in [0.25, 0.3) is 5.91 Å². The molecular weight excluding hydrogens is 457 g/mol. The van der Waals surface area contributed by atoms with Crippen LogP contribution in [0.1, 0.15) is 18.3 Å². The molecule has 1 N–H and O–H groups in total. The van der Waals surface area contributed by atoms with Gasteiger partial charge in [-0.2, -0.15) is 5.10 Å². The lowest BCUT2D eigenvalue weighted by atomic mass is 10.1. The molecule has 0 saturated heterocycles. The highest BCUT2D eigenvalue weighted by atomic mass is 32.2. The van der Waals surface area contributed by atoms with Crippen molar-refractivity contribution in [2.24, 2.45) is 0 Å². The largest absolute Gasteiger partial charge is 0.493 e. The quantitative estimate of drug-likeness (QED) is 0.408. The number of nitrogens with zero attached hydrogens (tertiary/aromatic N) is 4. The van der Waals surface area contributed by atoms with Crippen LogP contribution in [-0.4, -0.2) is 76.3 Å². The number of allylic oxidation sites excluding steroid dienone is 1. The summed E-state index contributed by atoms with van der Waals surface area (Å²) in [5, 5.41) is 6.34. The number of likely N-dealkylation sites (N-methyl/N-ethyl adjacent to an activating group) is 2. The highest BCUT2D eigenvalue weighted by molar-refractivity contribution is 8.24. The van der Waals surface area contributed by atoms with E-state index in [0.717, 1.165) is 11.8 Å². The lowest BCUT2D eigenvalue weighted by Crippen LogP contribution is -2.38. The Morgan fingerprint density at radius 2 is 2.03 bits per heavy atom. The number of carbonyl (C=O) groups is 2. The zero-order chi connectivity index (χ0) is 23.8. The summed E-state index contributed by atoms with van der Waals surface area (Å²) in [7, 11) is 6.12. The first-order valence-corrected chi connectivity index (χ1v) is 10.7. The van der Waals surface area contributed by atoms with Gasteiger partial charge < -0.3 is 19.3 Å².